The molecule has 9 nitrogen and oxygen atoms in total. The fraction of sp³-hybridized carbons (Fsp3) is 1.00. The van der Waals surface area contributed by atoms with Gasteiger partial charge in [-0.15, -0.1) is 22.4 Å². The summed E-state index contributed by atoms with van der Waals surface area (Å²) >= 11 is 3.90. The van der Waals surface area contributed by atoms with Gasteiger partial charge in [0.05, 0.1) is 10.8 Å². The summed E-state index contributed by atoms with van der Waals surface area (Å²) in [5.41, 5.74) is -0.102. The molecule has 6 aliphatic heterocycles. The quantitative estimate of drug-likeness (QED) is 0.331. The van der Waals surface area contributed by atoms with E-state index in [1.165, 1.54) is 37.2 Å². The molecule has 0 radical (unpaired) electrons. The third-order valence-corrected chi connectivity index (χ3v) is 27.4. The van der Waals surface area contributed by atoms with Gasteiger partial charge >= 0.3 is 32.5 Å². The number of unbranched alkanes of at least 4 members (excludes halogenated alkanes) is 1. The van der Waals surface area contributed by atoms with Gasteiger partial charge in [0.15, 0.2) is 0 Å². The molecule has 0 aromatic heterocycles. The lowest BCUT2D eigenvalue weighted by atomic mass is 9.93. The summed E-state index contributed by atoms with van der Waals surface area (Å²) in [6, 6.07) is 4.47. The number of rotatable bonds is 7. The molecule has 6 fully saturated rings. The predicted molar refractivity (Wildman–Crippen MR) is 179 cm³/mol. The number of nitrogens with zero attached hydrogens (tertiary/aromatic N) is 1. The standard InChI is InChI=1S/C16H35NO4Si2.C11H20O4S2Si2/c1-6-7-10-22(4)18-12-16(13-19-22)14-20-23(5,21-15-16)11-8-9-17(2)3;1-3-16-18(5-1)12-7-11(8-13-18)9-14-19(15-10-11)6-2-4-17-19/h6-15H2,1-5H3;1-10H2. The highest BCUT2D eigenvalue weighted by atomic mass is 32.4. The molecule has 0 aliphatic carbocycles. The van der Waals surface area contributed by atoms with Crippen molar-refractivity contribution in [3.63, 3.8) is 0 Å². The first-order valence-corrected chi connectivity index (χ1v) is 28.6. The minimum Gasteiger partial charge on any atom is -0.393 e. The molecule has 6 saturated heterocycles. The van der Waals surface area contributed by atoms with Gasteiger partial charge in [-0.25, -0.2) is 0 Å². The van der Waals surface area contributed by atoms with Crippen LogP contribution in [0.4, 0.5) is 0 Å². The summed E-state index contributed by atoms with van der Waals surface area (Å²) < 4.78 is 49.7. The normalized spacial score (nSPS) is 43.9. The second-order valence-corrected chi connectivity index (χ2v) is 32.3. The molecule has 42 heavy (non-hydrogen) atoms. The van der Waals surface area contributed by atoms with Crippen molar-refractivity contribution in [2.24, 2.45) is 10.8 Å². The molecule has 0 N–H and O–H groups in total. The van der Waals surface area contributed by atoms with Crippen LogP contribution in [0.15, 0.2) is 0 Å². The van der Waals surface area contributed by atoms with E-state index in [-0.39, 0.29) is 10.8 Å². The summed E-state index contributed by atoms with van der Waals surface area (Å²) in [6.45, 7) is 13.8. The highest BCUT2D eigenvalue weighted by Gasteiger charge is 2.56. The van der Waals surface area contributed by atoms with Gasteiger partial charge in [-0.3, -0.25) is 0 Å². The molecule has 244 valence electrons. The van der Waals surface area contributed by atoms with Crippen LogP contribution in [0.5, 0.6) is 0 Å². The summed E-state index contributed by atoms with van der Waals surface area (Å²) in [5.74, 6) is 2.41. The lowest BCUT2D eigenvalue weighted by Crippen LogP contribution is -2.60. The highest BCUT2D eigenvalue weighted by molar-refractivity contribution is 8.28. The van der Waals surface area contributed by atoms with Gasteiger partial charge < -0.3 is 40.3 Å². The molecule has 0 atom stereocenters. The molecule has 0 aromatic rings. The van der Waals surface area contributed by atoms with Gasteiger partial charge in [0, 0.05) is 64.9 Å². The van der Waals surface area contributed by atoms with Crippen LogP contribution >= 0.6 is 22.4 Å². The summed E-state index contributed by atoms with van der Waals surface area (Å²) in [7, 11) is -3.44. The van der Waals surface area contributed by atoms with E-state index >= 15 is 0 Å². The summed E-state index contributed by atoms with van der Waals surface area (Å²) in [5, 5.41) is 0. The first kappa shape index (κ1) is 34.5. The van der Waals surface area contributed by atoms with E-state index in [9.17, 15) is 0 Å². The van der Waals surface area contributed by atoms with Gasteiger partial charge in [0.1, 0.15) is 0 Å². The van der Waals surface area contributed by atoms with E-state index in [2.05, 4.69) is 39.0 Å². The molecule has 6 rings (SSSR count). The van der Waals surface area contributed by atoms with Crippen LogP contribution in [0, 0.1) is 10.8 Å². The van der Waals surface area contributed by atoms with Crippen molar-refractivity contribution in [2.45, 2.75) is 76.3 Å². The third kappa shape index (κ3) is 8.76. The average molecular weight is 698 g/mol. The molecule has 0 bridgehead atoms. The Labute approximate surface area is 266 Å². The van der Waals surface area contributed by atoms with Crippen molar-refractivity contribution < 1.29 is 35.4 Å². The predicted octanol–water partition coefficient (Wildman–Crippen LogP) is 5.18. The topological polar surface area (TPSA) is 77.1 Å². The Morgan fingerprint density at radius 1 is 0.595 bits per heavy atom. The average Bonchev–Trinajstić information content (AvgIpc) is 3.66. The minimum absolute atomic E-state index is 0.0250. The van der Waals surface area contributed by atoms with Gasteiger partial charge in [-0.1, -0.05) is 19.8 Å². The molecule has 6 heterocycles. The van der Waals surface area contributed by atoms with E-state index in [0.29, 0.717) is 0 Å². The van der Waals surface area contributed by atoms with Crippen molar-refractivity contribution in [3.8, 4) is 0 Å². The zero-order valence-corrected chi connectivity index (χ0v) is 32.3. The molecular formula is C27H55NO8S2Si4. The molecule has 0 unspecified atom stereocenters. The van der Waals surface area contributed by atoms with E-state index in [1.54, 1.807) is 0 Å². The Morgan fingerprint density at radius 2 is 0.976 bits per heavy atom. The first-order valence-electron chi connectivity index (χ1n) is 16.1. The van der Waals surface area contributed by atoms with Gasteiger partial charge in [0.25, 0.3) is 0 Å². The zero-order valence-electron chi connectivity index (χ0n) is 26.7. The van der Waals surface area contributed by atoms with Crippen LogP contribution < -0.4 is 0 Å². The Morgan fingerprint density at radius 3 is 1.31 bits per heavy atom. The van der Waals surface area contributed by atoms with Crippen LogP contribution in [0.2, 0.25) is 37.3 Å². The molecule has 6 aliphatic rings. The van der Waals surface area contributed by atoms with Crippen LogP contribution in [0.3, 0.4) is 0 Å². The molecule has 4 spiro atoms. The molecule has 15 heteroatoms. The fourth-order valence-corrected chi connectivity index (χ4v) is 23.6. The van der Waals surface area contributed by atoms with Crippen molar-refractivity contribution in [1.29, 1.82) is 0 Å². The Bertz CT molecular complexity index is 806. The number of hydrogen-bond acceptors (Lipinski definition) is 11. The Hall–Kier alpha value is 1.21. The zero-order chi connectivity index (χ0) is 29.8. The molecule has 0 aromatic carbocycles. The second-order valence-electron chi connectivity index (χ2n) is 13.9. The van der Waals surface area contributed by atoms with E-state index in [0.717, 1.165) is 90.0 Å². The van der Waals surface area contributed by atoms with Gasteiger partial charge in [-0.05, 0) is 76.6 Å². The van der Waals surface area contributed by atoms with Crippen molar-refractivity contribution >= 4 is 55.0 Å². The maximum atomic E-state index is 6.24. The largest absolute Gasteiger partial charge is 0.406 e. The van der Waals surface area contributed by atoms with Gasteiger partial charge in [0.2, 0.25) is 0 Å². The van der Waals surface area contributed by atoms with Gasteiger partial charge in [-0.2, -0.15) is 0 Å². The third-order valence-electron chi connectivity index (χ3n) is 9.25. The Balaban J connectivity index is 0.000000170. The smallest absolute Gasteiger partial charge is 0.393 e. The number of hydrogen-bond donors (Lipinski definition) is 0. The van der Waals surface area contributed by atoms with E-state index < -0.39 is 32.5 Å². The maximum Gasteiger partial charge on any atom is 0.406 e. The second kappa shape index (κ2) is 14.5. The molecule has 0 amide bonds. The summed E-state index contributed by atoms with van der Waals surface area (Å²) in [4.78, 5) is 2.21. The van der Waals surface area contributed by atoms with E-state index in [4.69, 9.17) is 35.4 Å². The fourth-order valence-electron chi connectivity index (χ4n) is 6.08. The lowest BCUT2D eigenvalue weighted by Gasteiger charge is -2.48. The maximum absolute atomic E-state index is 6.24. The SMILES string of the molecule is C1CS[Si]2(C1)OCC1(CO2)CO[Si]2(CCCS2)OC1.CCCC[Si]1(C)OCC2(CO1)CO[Si](C)(CCCN(C)C)OC2. The van der Waals surface area contributed by atoms with E-state index in [1.807, 2.05) is 22.4 Å². The van der Waals surface area contributed by atoms with Crippen molar-refractivity contribution in [3.05, 3.63) is 0 Å². The van der Waals surface area contributed by atoms with Crippen molar-refractivity contribution in [2.75, 3.05) is 85.0 Å². The molecular weight excluding hydrogens is 643 g/mol. The van der Waals surface area contributed by atoms with Crippen LogP contribution in [-0.2, 0) is 35.4 Å². The summed E-state index contributed by atoms with van der Waals surface area (Å²) in [6.07, 6.45) is 6.04. The van der Waals surface area contributed by atoms with Crippen LogP contribution in [0.1, 0.15) is 39.0 Å². The van der Waals surface area contributed by atoms with Crippen molar-refractivity contribution in [1.82, 2.24) is 4.90 Å². The van der Waals surface area contributed by atoms with Crippen LogP contribution in [0.25, 0.3) is 0 Å². The highest BCUT2D eigenvalue weighted by Crippen LogP contribution is 2.46. The monoisotopic (exact) mass is 697 g/mol. The lowest BCUT2D eigenvalue weighted by molar-refractivity contribution is -0.0961. The van der Waals surface area contributed by atoms with Crippen LogP contribution in [-0.4, -0.2) is 122 Å². The minimum atomic E-state index is -2.00. The first-order chi connectivity index (χ1) is 20.0. The Kier molecular flexibility index (Phi) is 12.0. The molecule has 0 saturated carbocycles.